The van der Waals surface area contributed by atoms with E-state index in [0.717, 1.165) is 0 Å². The number of hydrogen-bond donors (Lipinski definition) is 0. The Hall–Kier alpha value is -0.960. The van der Waals surface area contributed by atoms with Crippen molar-refractivity contribution < 1.29 is 0 Å². The molecule has 0 aliphatic carbocycles. The van der Waals surface area contributed by atoms with Gasteiger partial charge in [-0.1, -0.05) is 18.2 Å². The van der Waals surface area contributed by atoms with Gasteiger partial charge in [-0.25, -0.2) is 4.79 Å². The monoisotopic (exact) mass is 200 g/mol. The molecule has 0 N–H and O–H groups in total. The summed E-state index contributed by atoms with van der Waals surface area (Å²) in [5.41, 5.74) is -0.0446. The zero-order valence-electron chi connectivity index (χ0n) is 7.83. The van der Waals surface area contributed by atoms with Gasteiger partial charge in [0.2, 0.25) is 0 Å². The lowest BCUT2D eigenvalue weighted by atomic mass is 10.4. The lowest BCUT2D eigenvalue weighted by Crippen LogP contribution is -2.25. The predicted octanol–water partition coefficient (Wildman–Crippen LogP) is 1.98. The molecule has 0 aliphatic rings. The van der Waals surface area contributed by atoms with E-state index in [-0.39, 0.29) is 11.7 Å². The molecular weight excluding hydrogens is 188 g/mol. The molecule has 0 unspecified atom stereocenters. The third-order valence-electron chi connectivity index (χ3n) is 1.77. The third-order valence-corrected chi connectivity index (χ3v) is 1.89. The summed E-state index contributed by atoms with van der Waals surface area (Å²) >= 11 is 5.61. The van der Waals surface area contributed by atoms with E-state index < -0.39 is 0 Å². The fourth-order valence-corrected chi connectivity index (χ4v) is 1.26. The van der Waals surface area contributed by atoms with Gasteiger partial charge in [-0.05, 0) is 13.8 Å². The Bertz CT molecular complexity index is 362. The van der Waals surface area contributed by atoms with Crippen LogP contribution in [0.2, 0.25) is 0 Å². The molecule has 13 heavy (non-hydrogen) atoms. The van der Waals surface area contributed by atoms with Crippen LogP contribution >= 0.6 is 11.6 Å². The fraction of sp³-hybridized carbons (Fsp3) is 0.444. The molecule has 0 saturated carbocycles. The Morgan fingerprint density at radius 3 is 2.62 bits per heavy atom. The largest absolute Gasteiger partial charge is 0.328 e. The van der Waals surface area contributed by atoms with Crippen molar-refractivity contribution in [1.29, 1.82) is 0 Å². The Morgan fingerprint density at radius 1 is 1.62 bits per heavy atom. The highest BCUT2D eigenvalue weighted by molar-refractivity contribution is 6.29. The molecule has 72 valence electrons. The van der Waals surface area contributed by atoms with Gasteiger partial charge in [-0.3, -0.25) is 9.13 Å². The van der Waals surface area contributed by atoms with Crippen LogP contribution in [0, 0.1) is 0 Å². The van der Waals surface area contributed by atoms with E-state index in [1.165, 1.54) is 4.57 Å². The average Bonchev–Trinajstić information content (AvgIpc) is 2.32. The minimum Gasteiger partial charge on any atom is -0.297 e. The summed E-state index contributed by atoms with van der Waals surface area (Å²) in [7, 11) is 0. The van der Waals surface area contributed by atoms with Crippen LogP contribution in [0.4, 0.5) is 0 Å². The maximum atomic E-state index is 11.6. The first-order chi connectivity index (χ1) is 6.02. The molecular formula is C9H13ClN2O. The van der Waals surface area contributed by atoms with Crippen molar-refractivity contribution in [3.8, 4) is 0 Å². The van der Waals surface area contributed by atoms with Crippen LogP contribution in [0.3, 0.4) is 0 Å². The van der Waals surface area contributed by atoms with Gasteiger partial charge in [0, 0.05) is 23.5 Å². The number of rotatable bonds is 3. The van der Waals surface area contributed by atoms with Gasteiger partial charge in [0.15, 0.2) is 0 Å². The molecule has 3 nitrogen and oxygen atoms in total. The molecule has 1 aromatic heterocycles. The summed E-state index contributed by atoms with van der Waals surface area (Å²) in [6, 6.07) is 0.178. The van der Waals surface area contributed by atoms with Gasteiger partial charge >= 0.3 is 5.69 Å². The van der Waals surface area contributed by atoms with E-state index in [0.29, 0.717) is 11.6 Å². The van der Waals surface area contributed by atoms with Crippen LogP contribution in [0.1, 0.15) is 19.9 Å². The van der Waals surface area contributed by atoms with Crippen molar-refractivity contribution in [3.05, 3.63) is 34.5 Å². The quantitative estimate of drug-likeness (QED) is 0.733. The van der Waals surface area contributed by atoms with Gasteiger partial charge in [0.1, 0.15) is 0 Å². The standard InChI is InChI=1S/C9H13ClN2O/c1-7(2)12-5-4-11(9(12)13)6-8(3)10/h4-5,7H,3,6H2,1-2H3. The van der Waals surface area contributed by atoms with Crippen molar-refractivity contribution in [1.82, 2.24) is 9.13 Å². The highest BCUT2D eigenvalue weighted by atomic mass is 35.5. The molecule has 0 spiro atoms. The van der Waals surface area contributed by atoms with Gasteiger partial charge in [-0.2, -0.15) is 0 Å². The van der Waals surface area contributed by atoms with Crippen molar-refractivity contribution in [2.24, 2.45) is 0 Å². The summed E-state index contributed by atoms with van der Waals surface area (Å²) < 4.78 is 3.19. The summed E-state index contributed by atoms with van der Waals surface area (Å²) in [6.45, 7) is 7.84. The van der Waals surface area contributed by atoms with Crippen molar-refractivity contribution in [2.75, 3.05) is 0 Å². The number of allylic oxidation sites excluding steroid dienone is 1. The molecule has 0 aliphatic heterocycles. The van der Waals surface area contributed by atoms with Crippen LogP contribution in [-0.4, -0.2) is 9.13 Å². The summed E-state index contributed by atoms with van der Waals surface area (Å²) in [5.74, 6) is 0. The Kier molecular flexibility index (Phi) is 2.98. The topological polar surface area (TPSA) is 26.9 Å². The van der Waals surface area contributed by atoms with Crippen LogP contribution in [0.25, 0.3) is 0 Å². The molecule has 0 radical (unpaired) electrons. The number of halogens is 1. The highest BCUT2D eigenvalue weighted by Crippen LogP contribution is 2.02. The van der Waals surface area contributed by atoms with Crippen LogP contribution in [0.15, 0.2) is 28.8 Å². The lowest BCUT2D eigenvalue weighted by Gasteiger charge is -2.04. The van der Waals surface area contributed by atoms with Gasteiger partial charge in [0.05, 0.1) is 6.54 Å². The second-order valence-electron chi connectivity index (χ2n) is 3.23. The number of hydrogen-bond acceptors (Lipinski definition) is 1. The van der Waals surface area contributed by atoms with Gasteiger partial charge < -0.3 is 0 Å². The molecule has 0 aromatic carbocycles. The number of aromatic nitrogens is 2. The van der Waals surface area contributed by atoms with Crippen LogP contribution < -0.4 is 5.69 Å². The Labute approximate surface area is 82.2 Å². The fourth-order valence-electron chi connectivity index (χ4n) is 1.13. The first-order valence-electron chi connectivity index (χ1n) is 4.13. The molecule has 0 fully saturated rings. The molecule has 0 saturated heterocycles. The van der Waals surface area contributed by atoms with Gasteiger partial charge in [-0.15, -0.1) is 0 Å². The zero-order chi connectivity index (χ0) is 10.0. The van der Waals surface area contributed by atoms with Crippen LogP contribution in [0.5, 0.6) is 0 Å². The lowest BCUT2D eigenvalue weighted by molar-refractivity contribution is 0.562. The van der Waals surface area contributed by atoms with Crippen LogP contribution in [-0.2, 0) is 6.54 Å². The smallest absolute Gasteiger partial charge is 0.297 e. The molecule has 0 amide bonds. The van der Waals surface area contributed by atoms with E-state index >= 15 is 0 Å². The molecule has 4 heteroatoms. The first-order valence-corrected chi connectivity index (χ1v) is 4.50. The number of imidazole rings is 1. The second kappa shape index (κ2) is 3.83. The Balaban J connectivity index is 3.00. The average molecular weight is 201 g/mol. The van der Waals surface area contributed by atoms with Gasteiger partial charge in [0.25, 0.3) is 0 Å². The molecule has 0 bridgehead atoms. The van der Waals surface area contributed by atoms with Crippen molar-refractivity contribution in [3.63, 3.8) is 0 Å². The van der Waals surface area contributed by atoms with E-state index in [9.17, 15) is 4.79 Å². The Morgan fingerprint density at radius 2 is 2.23 bits per heavy atom. The minimum atomic E-state index is -0.0446. The molecule has 1 heterocycles. The minimum absolute atomic E-state index is 0.0446. The maximum Gasteiger partial charge on any atom is 0.328 e. The third kappa shape index (κ3) is 2.25. The molecule has 1 aromatic rings. The molecule has 1 rings (SSSR count). The first kappa shape index (κ1) is 10.1. The molecule has 0 atom stereocenters. The van der Waals surface area contributed by atoms with E-state index in [1.807, 2.05) is 13.8 Å². The summed E-state index contributed by atoms with van der Waals surface area (Å²) in [5, 5.41) is 0.462. The normalized spacial score (nSPS) is 10.8. The highest BCUT2D eigenvalue weighted by Gasteiger charge is 2.05. The second-order valence-corrected chi connectivity index (χ2v) is 3.76. The summed E-state index contributed by atoms with van der Waals surface area (Å²) in [6.07, 6.45) is 3.47. The zero-order valence-corrected chi connectivity index (χ0v) is 8.58. The van der Waals surface area contributed by atoms with E-state index in [4.69, 9.17) is 11.6 Å². The van der Waals surface area contributed by atoms with Crippen molar-refractivity contribution >= 4 is 11.6 Å². The SMILES string of the molecule is C=C(Cl)Cn1ccn(C(C)C)c1=O. The maximum absolute atomic E-state index is 11.6. The van der Waals surface area contributed by atoms with Crippen molar-refractivity contribution in [2.45, 2.75) is 26.4 Å². The summed E-state index contributed by atoms with van der Waals surface area (Å²) in [4.78, 5) is 11.6. The van der Waals surface area contributed by atoms with E-state index in [2.05, 4.69) is 6.58 Å². The predicted molar refractivity (Wildman–Crippen MR) is 54.1 cm³/mol. The van der Waals surface area contributed by atoms with E-state index in [1.54, 1.807) is 17.0 Å². The number of nitrogens with zero attached hydrogens (tertiary/aromatic N) is 2.